The minimum absolute atomic E-state index is 0.0261. The Morgan fingerprint density at radius 1 is 1.22 bits per heavy atom. The molecule has 0 bridgehead atoms. The number of nitriles is 1. The van der Waals surface area contributed by atoms with Crippen LogP contribution in [0.2, 0.25) is 0 Å². The second-order valence-electron chi connectivity index (χ2n) is 4.67. The SMILES string of the molecule is N#C/C(=C\c1cc(I)c(O)c(I)c1)C(=O)NCc1ccccc1. The number of amides is 1. The van der Waals surface area contributed by atoms with Crippen molar-refractivity contribution < 1.29 is 9.90 Å². The summed E-state index contributed by atoms with van der Waals surface area (Å²) in [5.41, 5.74) is 1.69. The van der Waals surface area contributed by atoms with Crippen molar-refractivity contribution in [2.45, 2.75) is 6.54 Å². The maximum absolute atomic E-state index is 12.1. The van der Waals surface area contributed by atoms with Crippen LogP contribution in [0.25, 0.3) is 6.08 Å². The lowest BCUT2D eigenvalue weighted by atomic mass is 10.1. The fourth-order valence-electron chi connectivity index (χ4n) is 1.86. The summed E-state index contributed by atoms with van der Waals surface area (Å²) < 4.78 is 1.34. The second-order valence-corrected chi connectivity index (χ2v) is 7.00. The molecule has 6 heteroatoms. The smallest absolute Gasteiger partial charge is 0.262 e. The van der Waals surface area contributed by atoms with Gasteiger partial charge in [-0.25, -0.2) is 0 Å². The number of rotatable bonds is 4. The van der Waals surface area contributed by atoms with Gasteiger partial charge in [0, 0.05) is 6.54 Å². The number of hydrogen-bond donors (Lipinski definition) is 2. The molecule has 2 rings (SSSR count). The van der Waals surface area contributed by atoms with Gasteiger partial charge in [-0.1, -0.05) is 30.3 Å². The first kappa shape index (κ1) is 17.7. The van der Waals surface area contributed by atoms with E-state index < -0.39 is 5.91 Å². The molecule has 0 heterocycles. The van der Waals surface area contributed by atoms with E-state index in [4.69, 9.17) is 0 Å². The molecule has 2 aromatic carbocycles. The highest BCUT2D eigenvalue weighted by Gasteiger charge is 2.10. The summed E-state index contributed by atoms with van der Waals surface area (Å²) >= 11 is 4.02. The molecule has 1 amide bonds. The Labute approximate surface area is 161 Å². The van der Waals surface area contributed by atoms with Crippen LogP contribution in [0.3, 0.4) is 0 Å². The van der Waals surface area contributed by atoms with E-state index in [2.05, 4.69) is 5.32 Å². The zero-order chi connectivity index (χ0) is 16.8. The summed E-state index contributed by atoms with van der Waals surface area (Å²) in [5, 5.41) is 21.7. The number of phenolic OH excluding ortho intramolecular Hbond substituents is 1. The molecule has 116 valence electrons. The Hall–Kier alpha value is -1.60. The van der Waals surface area contributed by atoms with Gasteiger partial charge in [0.1, 0.15) is 17.4 Å². The molecule has 0 atom stereocenters. The first-order valence-electron chi connectivity index (χ1n) is 6.63. The Kier molecular flexibility index (Phi) is 6.41. The van der Waals surface area contributed by atoms with E-state index in [1.54, 1.807) is 12.1 Å². The molecule has 0 aliphatic carbocycles. The van der Waals surface area contributed by atoms with Crippen molar-refractivity contribution in [1.82, 2.24) is 5.32 Å². The summed E-state index contributed by atoms with van der Waals surface area (Å²) in [7, 11) is 0. The van der Waals surface area contributed by atoms with Gasteiger partial charge in [-0.05, 0) is 74.5 Å². The number of nitrogens with one attached hydrogen (secondary N) is 1. The maximum atomic E-state index is 12.1. The summed E-state index contributed by atoms with van der Waals surface area (Å²) in [6.45, 7) is 0.364. The summed E-state index contributed by atoms with van der Waals surface area (Å²) in [5.74, 6) is -0.218. The van der Waals surface area contributed by atoms with E-state index in [-0.39, 0.29) is 11.3 Å². The summed E-state index contributed by atoms with van der Waals surface area (Å²) in [4.78, 5) is 12.1. The summed E-state index contributed by atoms with van der Waals surface area (Å²) in [6.07, 6.45) is 1.52. The van der Waals surface area contributed by atoms with E-state index in [0.717, 1.165) is 5.56 Å². The van der Waals surface area contributed by atoms with Crippen molar-refractivity contribution in [1.29, 1.82) is 5.26 Å². The Bertz CT molecular complexity index is 773. The molecule has 0 aliphatic heterocycles. The Morgan fingerprint density at radius 2 is 1.83 bits per heavy atom. The molecule has 23 heavy (non-hydrogen) atoms. The van der Waals surface area contributed by atoms with Crippen molar-refractivity contribution in [2.24, 2.45) is 0 Å². The van der Waals surface area contributed by atoms with Crippen LogP contribution in [0.1, 0.15) is 11.1 Å². The molecule has 0 spiro atoms. The van der Waals surface area contributed by atoms with Gasteiger partial charge in [-0.15, -0.1) is 0 Å². The minimum Gasteiger partial charge on any atom is -0.506 e. The number of carbonyl (C=O) groups excluding carboxylic acids is 1. The normalized spacial score (nSPS) is 10.9. The number of benzene rings is 2. The molecular formula is C17H12I2N2O2. The standard InChI is InChI=1S/C17H12I2N2O2/c18-14-7-12(8-15(19)16(14)22)6-13(9-20)17(23)21-10-11-4-2-1-3-5-11/h1-8,22H,10H2,(H,21,23)/b13-6+. The lowest BCUT2D eigenvalue weighted by Crippen LogP contribution is -2.23. The highest BCUT2D eigenvalue weighted by molar-refractivity contribution is 14.1. The largest absolute Gasteiger partial charge is 0.506 e. The predicted molar refractivity (Wildman–Crippen MR) is 105 cm³/mol. The van der Waals surface area contributed by atoms with E-state index in [1.165, 1.54) is 6.08 Å². The first-order valence-corrected chi connectivity index (χ1v) is 8.79. The van der Waals surface area contributed by atoms with Gasteiger partial charge in [0.15, 0.2) is 0 Å². The molecule has 0 saturated carbocycles. The van der Waals surface area contributed by atoms with E-state index in [1.807, 2.05) is 81.6 Å². The number of nitrogens with zero attached hydrogens (tertiary/aromatic N) is 1. The van der Waals surface area contributed by atoms with Gasteiger partial charge in [0.25, 0.3) is 5.91 Å². The van der Waals surface area contributed by atoms with Crippen molar-refractivity contribution >= 4 is 57.2 Å². The number of phenols is 1. The third kappa shape index (κ3) is 4.94. The zero-order valence-electron chi connectivity index (χ0n) is 11.9. The monoisotopic (exact) mass is 530 g/mol. The van der Waals surface area contributed by atoms with Crippen LogP contribution < -0.4 is 5.32 Å². The molecule has 2 N–H and O–H groups in total. The second kappa shape index (κ2) is 8.31. The van der Waals surface area contributed by atoms with Gasteiger partial charge < -0.3 is 10.4 Å². The topological polar surface area (TPSA) is 73.1 Å². The highest BCUT2D eigenvalue weighted by Crippen LogP contribution is 2.28. The fraction of sp³-hybridized carbons (Fsp3) is 0.0588. The molecule has 0 radical (unpaired) electrons. The minimum atomic E-state index is -0.422. The van der Waals surface area contributed by atoms with E-state index in [9.17, 15) is 15.2 Å². The number of carbonyl (C=O) groups is 1. The number of hydrogen-bond acceptors (Lipinski definition) is 3. The number of halogens is 2. The molecule has 0 saturated heterocycles. The van der Waals surface area contributed by atoms with Crippen molar-refractivity contribution in [3.8, 4) is 11.8 Å². The molecule has 2 aromatic rings. The van der Waals surface area contributed by atoms with Gasteiger partial charge in [-0.3, -0.25) is 4.79 Å². The average Bonchev–Trinajstić information content (AvgIpc) is 2.56. The van der Waals surface area contributed by atoms with Crippen LogP contribution in [0, 0.1) is 18.5 Å². The van der Waals surface area contributed by atoms with Crippen molar-refractivity contribution in [3.05, 3.63) is 66.3 Å². The fourth-order valence-corrected chi connectivity index (χ4v) is 3.67. The predicted octanol–water partition coefficient (Wildman–Crippen LogP) is 3.82. The van der Waals surface area contributed by atoms with Crippen LogP contribution >= 0.6 is 45.2 Å². The van der Waals surface area contributed by atoms with Gasteiger partial charge in [0.2, 0.25) is 0 Å². The molecule has 0 unspecified atom stereocenters. The Morgan fingerprint density at radius 3 is 2.39 bits per heavy atom. The quantitative estimate of drug-likeness (QED) is 0.359. The summed E-state index contributed by atoms with van der Waals surface area (Å²) in [6, 6.07) is 14.9. The molecule has 0 fully saturated rings. The Balaban J connectivity index is 2.15. The van der Waals surface area contributed by atoms with Crippen molar-refractivity contribution in [2.75, 3.05) is 0 Å². The molecular weight excluding hydrogens is 518 g/mol. The molecule has 0 aromatic heterocycles. The van der Waals surface area contributed by atoms with Gasteiger partial charge in [0.05, 0.1) is 7.14 Å². The van der Waals surface area contributed by atoms with Crippen molar-refractivity contribution in [3.63, 3.8) is 0 Å². The molecule has 0 aliphatic rings. The van der Waals surface area contributed by atoms with Gasteiger partial charge >= 0.3 is 0 Å². The third-order valence-corrected chi connectivity index (χ3v) is 4.66. The lowest BCUT2D eigenvalue weighted by molar-refractivity contribution is -0.117. The zero-order valence-corrected chi connectivity index (χ0v) is 16.2. The average molecular weight is 530 g/mol. The van der Waals surface area contributed by atoms with Crippen LogP contribution in [0.5, 0.6) is 5.75 Å². The highest BCUT2D eigenvalue weighted by atomic mass is 127. The third-order valence-electron chi connectivity index (χ3n) is 3.01. The van der Waals surface area contributed by atoms with Crippen LogP contribution in [0.15, 0.2) is 48.0 Å². The van der Waals surface area contributed by atoms with Gasteiger partial charge in [-0.2, -0.15) is 5.26 Å². The maximum Gasteiger partial charge on any atom is 0.262 e. The first-order chi connectivity index (χ1) is 11.0. The lowest BCUT2D eigenvalue weighted by Gasteiger charge is -2.06. The van der Waals surface area contributed by atoms with Crippen LogP contribution in [0.4, 0.5) is 0 Å². The van der Waals surface area contributed by atoms with E-state index in [0.29, 0.717) is 19.2 Å². The number of aromatic hydroxyl groups is 1. The molecule has 4 nitrogen and oxygen atoms in total. The van der Waals surface area contributed by atoms with Crippen LogP contribution in [-0.2, 0) is 11.3 Å². The van der Waals surface area contributed by atoms with E-state index >= 15 is 0 Å². The van der Waals surface area contributed by atoms with Crippen LogP contribution in [-0.4, -0.2) is 11.0 Å².